The Morgan fingerprint density at radius 3 is 2.87 bits per heavy atom. The van der Waals surface area contributed by atoms with E-state index in [0.29, 0.717) is 5.92 Å². The summed E-state index contributed by atoms with van der Waals surface area (Å²) < 4.78 is 0. The third-order valence-corrected chi connectivity index (χ3v) is 4.13. The normalized spacial score (nSPS) is 22.9. The third-order valence-electron chi connectivity index (χ3n) is 4.13. The molecule has 0 N–H and O–H groups in total. The van der Waals surface area contributed by atoms with Crippen molar-refractivity contribution in [2.45, 2.75) is 58.3 Å². The van der Waals surface area contributed by atoms with Crippen LogP contribution in [-0.2, 0) is 25.7 Å². The lowest BCUT2D eigenvalue weighted by molar-refractivity contribution is 0.726. The number of hydrogen-bond donors (Lipinski definition) is 0. The maximum atomic E-state index is 4.92. The highest BCUT2D eigenvalue weighted by molar-refractivity contribution is 5.46. The summed E-state index contributed by atoms with van der Waals surface area (Å²) in [5.74, 6) is 0.705. The van der Waals surface area contributed by atoms with Gasteiger partial charge < -0.3 is 0 Å². The van der Waals surface area contributed by atoms with E-state index in [1.54, 1.807) is 16.7 Å². The summed E-state index contributed by atoms with van der Waals surface area (Å²) in [5, 5.41) is 0. The fourth-order valence-electron chi connectivity index (χ4n) is 3.34. The fraction of sp³-hybridized carbons (Fsp3) is 0.643. The largest absolute Gasteiger partial charge is 0.257 e. The van der Waals surface area contributed by atoms with E-state index >= 15 is 0 Å². The second-order valence-electron chi connectivity index (χ2n) is 5.03. The summed E-state index contributed by atoms with van der Waals surface area (Å²) in [6, 6.07) is 0. The number of aryl methyl sites for hydroxylation is 1. The number of hydrogen-bond acceptors (Lipinski definition) is 1. The van der Waals surface area contributed by atoms with Gasteiger partial charge in [0.2, 0.25) is 0 Å². The molecule has 0 radical (unpaired) electrons. The van der Waals surface area contributed by atoms with Crippen LogP contribution in [0.3, 0.4) is 0 Å². The first-order valence-corrected chi connectivity index (χ1v) is 6.34. The molecule has 0 aliphatic heterocycles. The van der Waals surface area contributed by atoms with Gasteiger partial charge in [-0.05, 0) is 61.1 Å². The second-order valence-corrected chi connectivity index (χ2v) is 5.03. The number of pyridine rings is 1. The molecule has 1 aromatic rings. The molecule has 0 aromatic carbocycles. The summed E-state index contributed by atoms with van der Waals surface area (Å²) in [5.41, 5.74) is 7.76. The molecule has 1 heterocycles. The van der Waals surface area contributed by atoms with Gasteiger partial charge in [-0.2, -0.15) is 0 Å². The molecule has 1 unspecified atom stereocenters. The zero-order valence-electron chi connectivity index (χ0n) is 9.77. The molecule has 1 nitrogen and oxygen atoms in total. The molecule has 0 amide bonds. The molecule has 1 heteroatoms. The molecular weight excluding hydrogens is 182 g/mol. The van der Waals surface area contributed by atoms with Crippen LogP contribution >= 0.6 is 0 Å². The van der Waals surface area contributed by atoms with Crippen LogP contribution in [0.25, 0.3) is 0 Å². The van der Waals surface area contributed by atoms with Gasteiger partial charge >= 0.3 is 0 Å². The molecule has 2 aliphatic rings. The van der Waals surface area contributed by atoms with Crippen molar-refractivity contribution in [3.63, 3.8) is 0 Å². The van der Waals surface area contributed by atoms with Crippen LogP contribution in [-0.4, -0.2) is 4.98 Å². The average Bonchev–Trinajstić information content (AvgIpc) is 2.83. The number of aromatic nitrogens is 1. The van der Waals surface area contributed by atoms with Crippen LogP contribution in [0.5, 0.6) is 0 Å². The van der Waals surface area contributed by atoms with E-state index in [1.165, 1.54) is 49.9 Å². The Bertz CT molecular complexity index is 406. The fourth-order valence-corrected chi connectivity index (χ4v) is 3.34. The first-order valence-electron chi connectivity index (χ1n) is 6.34. The molecule has 1 atom stereocenters. The highest BCUT2D eigenvalue weighted by Crippen LogP contribution is 2.38. The maximum absolute atomic E-state index is 4.92. The van der Waals surface area contributed by atoms with Gasteiger partial charge in [-0.1, -0.05) is 13.8 Å². The lowest BCUT2D eigenvalue weighted by atomic mass is 9.97. The minimum absolute atomic E-state index is 0.705. The Kier molecular flexibility index (Phi) is 2.08. The van der Waals surface area contributed by atoms with Crippen LogP contribution in [0, 0.1) is 0 Å². The van der Waals surface area contributed by atoms with Gasteiger partial charge in [-0.15, -0.1) is 0 Å². The summed E-state index contributed by atoms with van der Waals surface area (Å²) in [6.45, 7) is 4.64. The number of rotatable bonds is 1. The first kappa shape index (κ1) is 9.38. The summed E-state index contributed by atoms with van der Waals surface area (Å²) in [4.78, 5) is 4.92. The summed E-state index contributed by atoms with van der Waals surface area (Å²) in [7, 11) is 0. The Morgan fingerprint density at radius 2 is 2.07 bits per heavy atom. The van der Waals surface area contributed by atoms with E-state index in [0.717, 1.165) is 0 Å². The van der Waals surface area contributed by atoms with Crippen molar-refractivity contribution in [3.05, 3.63) is 28.1 Å². The monoisotopic (exact) mass is 201 g/mol. The van der Waals surface area contributed by atoms with E-state index in [1.807, 2.05) is 0 Å². The highest BCUT2D eigenvalue weighted by Gasteiger charge is 2.27. The zero-order chi connectivity index (χ0) is 10.4. The van der Waals surface area contributed by atoms with Crippen molar-refractivity contribution in [1.29, 1.82) is 0 Å². The van der Waals surface area contributed by atoms with Crippen molar-refractivity contribution in [3.8, 4) is 0 Å². The van der Waals surface area contributed by atoms with Crippen molar-refractivity contribution < 1.29 is 0 Å². The molecule has 80 valence electrons. The Hall–Kier alpha value is -0.850. The van der Waals surface area contributed by atoms with E-state index in [9.17, 15) is 0 Å². The molecule has 15 heavy (non-hydrogen) atoms. The van der Waals surface area contributed by atoms with Crippen LogP contribution in [0.4, 0.5) is 0 Å². The highest BCUT2D eigenvalue weighted by atomic mass is 14.8. The summed E-state index contributed by atoms with van der Waals surface area (Å²) >= 11 is 0. The number of fused-ring (bicyclic) bond motifs is 2. The van der Waals surface area contributed by atoms with Crippen molar-refractivity contribution in [1.82, 2.24) is 4.98 Å². The van der Waals surface area contributed by atoms with E-state index in [2.05, 4.69) is 13.8 Å². The molecular formula is C14H19N. The molecule has 3 rings (SSSR count). The minimum Gasteiger partial charge on any atom is -0.257 e. The Balaban J connectivity index is 2.23. The summed E-state index contributed by atoms with van der Waals surface area (Å²) in [6.07, 6.45) is 7.64. The molecule has 2 aliphatic carbocycles. The zero-order valence-corrected chi connectivity index (χ0v) is 9.77. The predicted octanol–water partition coefficient (Wildman–Crippen LogP) is 3.18. The van der Waals surface area contributed by atoms with Crippen molar-refractivity contribution in [2.75, 3.05) is 0 Å². The van der Waals surface area contributed by atoms with Gasteiger partial charge in [-0.25, -0.2) is 0 Å². The lowest BCUT2D eigenvalue weighted by Gasteiger charge is -2.13. The van der Waals surface area contributed by atoms with Crippen LogP contribution in [0.2, 0.25) is 0 Å². The van der Waals surface area contributed by atoms with Crippen molar-refractivity contribution in [2.24, 2.45) is 0 Å². The SMILES string of the molecule is CCc1c2c(nc3c1CCC3C)CCC2. The quantitative estimate of drug-likeness (QED) is 0.680. The number of nitrogens with zero attached hydrogens (tertiary/aromatic N) is 1. The second kappa shape index (κ2) is 3.33. The smallest absolute Gasteiger partial charge is 0.0470 e. The topological polar surface area (TPSA) is 12.9 Å². The first-order chi connectivity index (χ1) is 7.31. The van der Waals surface area contributed by atoms with Gasteiger partial charge in [0.15, 0.2) is 0 Å². The average molecular weight is 201 g/mol. The van der Waals surface area contributed by atoms with Crippen LogP contribution in [0.15, 0.2) is 0 Å². The molecule has 0 bridgehead atoms. The molecule has 0 saturated carbocycles. The predicted molar refractivity (Wildman–Crippen MR) is 62.4 cm³/mol. The lowest BCUT2D eigenvalue weighted by Crippen LogP contribution is -2.04. The molecule has 0 spiro atoms. The third kappa shape index (κ3) is 1.25. The van der Waals surface area contributed by atoms with Crippen molar-refractivity contribution >= 4 is 0 Å². The van der Waals surface area contributed by atoms with Gasteiger partial charge in [0.1, 0.15) is 0 Å². The standard InChI is InChI=1S/C14H19N/c1-3-10-11-5-4-6-13(11)15-14-9(2)7-8-12(10)14/h9H,3-8H2,1-2H3. The maximum Gasteiger partial charge on any atom is 0.0470 e. The van der Waals surface area contributed by atoms with Crippen LogP contribution in [0.1, 0.15) is 60.7 Å². The van der Waals surface area contributed by atoms with E-state index in [4.69, 9.17) is 4.98 Å². The van der Waals surface area contributed by atoms with E-state index in [-0.39, 0.29) is 0 Å². The minimum atomic E-state index is 0.705. The van der Waals surface area contributed by atoms with Gasteiger partial charge in [-0.3, -0.25) is 4.98 Å². The van der Waals surface area contributed by atoms with E-state index < -0.39 is 0 Å². The Morgan fingerprint density at radius 1 is 1.20 bits per heavy atom. The van der Waals surface area contributed by atoms with Gasteiger partial charge in [0.05, 0.1) is 0 Å². The molecule has 0 fully saturated rings. The molecule has 1 aromatic heterocycles. The van der Waals surface area contributed by atoms with Gasteiger partial charge in [0, 0.05) is 11.4 Å². The Labute approximate surface area is 91.9 Å². The van der Waals surface area contributed by atoms with Gasteiger partial charge in [0.25, 0.3) is 0 Å². The molecule has 0 saturated heterocycles. The van der Waals surface area contributed by atoms with Crippen LogP contribution < -0.4 is 0 Å².